The van der Waals surface area contributed by atoms with Crippen LogP contribution in [0.5, 0.6) is 0 Å². The highest BCUT2D eigenvalue weighted by Crippen LogP contribution is 2.16. The second kappa shape index (κ2) is 5.75. The van der Waals surface area contributed by atoms with E-state index in [4.69, 9.17) is 0 Å². The van der Waals surface area contributed by atoms with Gasteiger partial charge >= 0.3 is 0 Å². The molecule has 1 heterocycles. The van der Waals surface area contributed by atoms with Gasteiger partial charge in [-0.1, -0.05) is 24.3 Å². The molecule has 1 aliphatic rings. The molecule has 0 aromatic carbocycles. The minimum atomic E-state index is -0.559. The number of allylic oxidation sites excluding steroid dienone is 3. The van der Waals surface area contributed by atoms with E-state index in [0.29, 0.717) is 12.1 Å². The Bertz CT molecular complexity index is 540. The smallest absolute Gasteiger partial charge is 0.232 e. The minimum absolute atomic E-state index is 0.223. The van der Waals surface area contributed by atoms with Gasteiger partial charge in [0.05, 0.1) is 23.7 Å². The van der Waals surface area contributed by atoms with E-state index in [-0.39, 0.29) is 5.91 Å². The number of carbonyl (C=O) groups is 1. The Balaban J connectivity index is 1.98. The van der Waals surface area contributed by atoms with Crippen LogP contribution in [0, 0.1) is 5.92 Å². The third-order valence-electron chi connectivity index (χ3n) is 2.60. The molecule has 90 valence electrons. The summed E-state index contributed by atoms with van der Waals surface area (Å²) in [4.78, 5) is 26.7. The number of pyridine rings is 1. The van der Waals surface area contributed by atoms with E-state index in [1.807, 2.05) is 18.2 Å². The molecule has 1 aromatic heterocycles. The van der Waals surface area contributed by atoms with Gasteiger partial charge in [0.1, 0.15) is 5.94 Å². The quantitative estimate of drug-likeness (QED) is 0.807. The number of amides is 1. The van der Waals surface area contributed by atoms with Gasteiger partial charge in [0, 0.05) is 6.20 Å². The topological polar surface area (TPSA) is 59.1 Å². The average Bonchev–Trinajstić information content (AvgIpc) is 2.45. The molecule has 18 heavy (non-hydrogen) atoms. The van der Waals surface area contributed by atoms with E-state index < -0.39 is 5.92 Å². The number of hydrogen-bond acceptors (Lipinski definition) is 3. The van der Waals surface area contributed by atoms with E-state index in [1.165, 1.54) is 0 Å². The summed E-state index contributed by atoms with van der Waals surface area (Å²) >= 11 is 0. The van der Waals surface area contributed by atoms with Crippen LogP contribution < -0.4 is 5.32 Å². The normalized spacial score (nSPS) is 17.3. The maximum absolute atomic E-state index is 11.9. The molecule has 1 unspecified atom stereocenters. The van der Waals surface area contributed by atoms with Crippen LogP contribution in [0.15, 0.2) is 54.3 Å². The van der Waals surface area contributed by atoms with Crippen LogP contribution in [0.2, 0.25) is 0 Å². The molecular formula is C14H12N2O2. The average molecular weight is 240 g/mol. The molecule has 2 rings (SSSR count). The number of rotatable bonds is 3. The second-order valence-electron chi connectivity index (χ2n) is 3.82. The summed E-state index contributed by atoms with van der Waals surface area (Å²) < 4.78 is 0. The van der Waals surface area contributed by atoms with Crippen LogP contribution in [0.3, 0.4) is 0 Å². The van der Waals surface area contributed by atoms with Crippen LogP contribution in [0.1, 0.15) is 5.69 Å². The molecule has 0 saturated carbocycles. The van der Waals surface area contributed by atoms with Crippen LogP contribution in [-0.2, 0) is 16.1 Å². The Morgan fingerprint density at radius 2 is 2.28 bits per heavy atom. The van der Waals surface area contributed by atoms with E-state index in [9.17, 15) is 9.59 Å². The van der Waals surface area contributed by atoms with Crippen molar-refractivity contribution >= 4 is 11.8 Å². The van der Waals surface area contributed by atoms with Crippen molar-refractivity contribution in [1.29, 1.82) is 0 Å². The number of aromatic nitrogens is 1. The summed E-state index contributed by atoms with van der Waals surface area (Å²) in [6.07, 6.45) is 8.39. The summed E-state index contributed by atoms with van der Waals surface area (Å²) in [5.41, 5.74) is 1.12. The fourth-order valence-electron chi connectivity index (χ4n) is 1.66. The van der Waals surface area contributed by atoms with E-state index in [2.05, 4.69) is 10.3 Å². The summed E-state index contributed by atoms with van der Waals surface area (Å²) in [7, 11) is 0. The predicted molar refractivity (Wildman–Crippen MR) is 67.1 cm³/mol. The molecule has 0 fully saturated rings. The molecule has 4 nitrogen and oxygen atoms in total. The first-order valence-electron chi connectivity index (χ1n) is 5.59. The van der Waals surface area contributed by atoms with Crippen LogP contribution >= 0.6 is 0 Å². The van der Waals surface area contributed by atoms with Crippen molar-refractivity contribution < 1.29 is 9.59 Å². The van der Waals surface area contributed by atoms with Gasteiger partial charge in [0.25, 0.3) is 0 Å². The van der Waals surface area contributed by atoms with Gasteiger partial charge in [-0.2, -0.15) is 0 Å². The molecule has 1 amide bonds. The van der Waals surface area contributed by atoms with Gasteiger partial charge in [-0.05, 0) is 18.2 Å². The zero-order chi connectivity index (χ0) is 12.8. The van der Waals surface area contributed by atoms with Crippen molar-refractivity contribution in [3.05, 3.63) is 60.0 Å². The number of nitrogens with one attached hydrogen (secondary N) is 1. The molecule has 1 atom stereocenters. The summed E-state index contributed by atoms with van der Waals surface area (Å²) in [5.74, 6) is 1.00. The third-order valence-corrected chi connectivity index (χ3v) is 2.60. The molecule has 0 radical (unpaired) electrons. The van der Waals surface area contributed by atoms with E-state index in [0.717, 1.165) is 5.69 Å². The molecule has 1 aliphatic carbocycles. The van der Waals surface area contributed by atoms with E-state index in [1.54, 1.807) is 36.4 Å². The number of carbonyl (C=O) groups excluding carboxylic acids is 2. The van der Waals surface area contributed by atoms with Gasteiger partial charge < -0.3 is 5.32 Å². The highest BCUT2D eigenvalue weighted by atomic mass is 16.2. The van der Waals surface area contributed by atoms with E-state index >= 15 is 0 Å². The van der Waals surface area contributed by atoms with Crippen LogP contribution in [0.25, 0.3) is 0 Å². The Hall–Kier alpha value is -2.45. The first-order chi connectivity index (χ1) is 8.81. The van der Waals surface area contributed by atoms with Gasteiger partial charge in [0.2, 0.25) is 5.91 Å². The van der Waals surface area contributed by atoms with Crippen molar-refractivity contribution in [2.24, 2.45) is 5.92 Å². The first-order valence-corrected chi connectivity index (χ1v) is 5.59. The monoisotopic (exact) mass is 240 g/mol. The fraction of sp³-hybridized carbons (Fsp3) is 0.143. The maximum Gasteiger partial charge on any atom is 0.232 e. The lowest BCUT2D eigenvalue weighted by atomic mass is 9.95. The lowest BCUT2D eigenvalue weighted by molar-refractivity contribution is -0.122. The molecule has 0 saturated heterocycles. The maximum atomic E-state index is 11.9. The Kier molecular flexibility index (Phi) is 3.84. The van der Waals surface area contributed by atoms with Crippen LogP contribution in [0.4, 0.5) is 0 Å². The zero-order valence-electron chi connectivity index (χ0n) is 9.67. The molecular weight excluding hydrogens is 228 g/mol. The summed E-state index contributed by atoms with van der Waals surface area (Å²) in [6.45, 7) is 0.347. The summed E-state index contributed by atoms with van der Waals surface area (Å²) in [5, 5.41) is 2.75. The Labute approximate surface area is 105 Å². The zero-order valence-corrected chi connectivity index (χ0v) is 9.67. The van der Waals surface area contributed by atoms with Crippen molar-refractivity contribution in [2.75, 3.05) is 0 Å². The van der Waals surface area contributed by atoms with Crippen molar-refractivity contribution in [2.45, 2.75) is 6.54 Å². The highest BCUT2D eigenvalue weighted by Gasteiger charge is 2.20. The Morgan fingerprint density at radius 3 is 3.00 bits per heavy atom. The molecule has 1 aromatic rings. The molecule has 0 spiro atoms. The first kappa shape index (κ1) is 12.0. The van der Waals surface area contributed by atoms with Gasteiger partial charge in [-0.25, -0.2) is 4.79 Å². The SMILES string of the molecule is O=C=C1C=CC=CC1C(=O)NCc1ccccn1. The van der Waals surface area contributed by atoms with Crippen molar-refractivity contribution in [3.8, 4) is 0 Å². The van der Waals surface area contributed by atoms with Gasteiger partial charge in [0.15, 0.2) is 0 Å². The molecule has 1 N–H and O–H groups in total. The fourth-order valence-corrected chi connectivity index (χ4v) is 1.66. The third kappa shape index (κ3) is 2.81. The number of nitrogens with zero attached hydrogens (tertiary/aromatic N) is 1. The highest BCUT2D eigenvalue weighted by molar-refractivity contribution is 5.87. The Morgan fingerprint density at radius 1 is 1.39 bits per heavy atom. The standard InChI is InChI=1S/C14H12N2O2/c17-10-11-5-1-2-7-13(11)14(18)16-9-12-6-3-4-8-15-12/h1-8,13H,9H2,(H,16,18). The minimum Gasteiger partial charge on any atom is -0.350 e. The number of hydrogen-bond donors (Lipinski definition) is 1. The van der Waals surface area contributed by atoms with Gasteiger partial charge in [-0.3, -0.25) is 9.78 Å². The second-order valence-corrected chi connectivity index (χ2v) is 3.82. The molecule has 4 heteroatoms. The van der Waals surface area contributed by atoms with Crippen molar-refractivity contribution in [1.82, 2.24) is 10.3 Å². The largest absolute Gasteiger partial charge is 0.350 e. The van der Waals surface area contributed by atoms with Crippen molar-refractivity contribution in [3.63, 3.8) is 0 Å². The van der Waals surface area contributed by atoms with Crippen LogP contribution in [-0.4, -0.2) is 16.8 Å². The predicted octanol–water partition coefficient (Wildman–Crippen LogP) is 1.20. The lowest BCUT2D eigenvalue weighted by Gasteiger charge is -2.13. The van der Waals surface area contributed by atoms with Gasteiger partial charge in [-0.15, -0.1) is 0 Å². The lowest BCUT2D eigenvalue weighted by Crippen LogP contribution is -2.31. The summed E-state index contributed by atoms with van der Waals surface area (Å²) in [6, 6.07) is 5.50. The molecule has 0 aliphatic heterocycles. The molecule has 0 bridgehead atoms.